The van der Waals surface area contributed by atoms with Gasteiger partial charge in [0.2, 0.25) is 0 Å². The monoisotopic (exact) mass is 354 g/mol. The first-order chi connectivity index (χ1) is 9.66. The maximum atomic E-state index is 14.1. The minimum Gasteiger partial charge on any atom is -0.505 e. The number of phenolic OH excluding ortho intramolecular Hbond substituents is 1. The van der Waals surface area contributed by atoms with Crippen molar-refractivity contribution in [3.63, 3.8) is 0 Å². The van der Waals surface area contributed by atoms with E-state index in [0.717, 1.165) is 57.6 Å². The predicted octanol–water partition coefficient (Wildman–Crippen LogP) is 3.26. The van der Waals surface area contributed by atoms with E-state index < -0.39 is 17.4 Å². The maximum absolute atomic E-state index is 14.1. The molecule has 1 aliphatic heterocycles. The molecule has 1 atom stereocenters. The van der Waals surface area contributed by atoms with Crippen molar-refractivity contribution in [3.05, 3.63) is 29.3 Å². The third kappa shape index (κ3) is 4.22. The van der Waals surface area contributed by atoms with Crippen LogP contribution in [0.2, 0.25) is 0 Å². The van der Waals surface area contributed by atoms with E-state index in [4.69, 9.17) is 0 Å². The zero-order chi connectivity index (χ0) is 14.1. The van der Waals surface area contributed by atoms with Crippen molar-refractivity contribution in [2.45, 2.75) is 25.3 Å². The van der Waals surface area contributed by atoms with Gasteiger partial charge in [-0.15, -0.1) is 24.8 Å². The molecule has 1 aromatic carbocycles. The van der Waals surface area contributed by atoms with Gasteiger partial charge in [-0.2, -0.15) is 0 Å². The Balaban J connectivity index is 0.00000121. The van der Waals surface area contributed by atoms with Gasteiger partial charge in [-0.1, -0.05) is 12.8 Å². The van der Waals surface area contributed by atoms with Crippen molar-refractivity contribution in [2.75, 3.05) is 26.2 Å². The van der Waals surface area contributed by atoms with Crippen LogP contribution in [-0.2, 0) is 0 Å². The van der Waals surface area contributed by atoms with Crippen molar-refractivity contribution in [3.8, 4) is 5.75 Å². The fraction of sp³-hybridized carbons (Fsp3) is 0.600. The van der Waals surface area contributed by atoms with E-state index in [1.807, 2.05) is 0 Å². The first kappa shape index (κ1) is 19.4. The first-order valence-electron chi connectivity index (χ1n) is 7.28. The summed E-state index contributed by atoms with van der Waals surface area (Å²) in [6.07, 6.45) is 3.11. The Morgan fingerprint density at radius 3 is 2.32 bits per heavy atom. The molecule has 3 rings (SSSR count). The molecule has 0 bridgehead atoms. The van der Waals surface area contributed by atoms with Crippen LogP contribution in [0.15, 0.2) is 12.1 Å². The summed E-state index contributed by atoms with van der Waals surface area (Å²) >= 11 is 0. The molecule has 2 fully saturated rings. The largest absolute Gasteiger partial charge is 0.505 e. The predicted molar refractivity (Wildman–Crippen MR) is 87.0 cm³/mol. The van der Waals surface area contributed by atoms with Gasteiger partial charge in [-0.05, 0) is 24.5 Å². The lowest BCUT2D eigenvalue weighted by molar-refractivity contribution is 0.154. The molecule has 3 nitrogen and oxygen atoms in total. The summed E-state index contributed by atoms with van der Waals surface area (Å²) in [7, 11) is 0. The van der Waals surface area contributed by atoms with Gasteiger partial charge < -0.3 is 10.4 Å². The molecule has 0 spiro atoms. The zero-order valence-electron chi connectivity index (χ0n) is 12.2. The number of phenols is 1. The van der Waals surface area contributed by atoms with Crippen LogP contribution in [0.1, 0.15) is 30.9 Å². The van der Waals surface area contributed by atoms with E-state index in [2.05, 4.69) is 10.2 Å². The highest BCUT2D eigenvalue weighted by molar-refractivity contribution is 5.85. The number of nitrogens with one attached hydrogen (secondary N) is 1. The van der Waals surface area contributed by atoms with Crippen LogP contribution in [-0.4, -0.2) is 36.2 Å². The van der Waals surface area contributed by atoms with Crippen LogP contribution < -0.4 is 5.32 Å². The van der Waals surface area contributed by atoms with Crippen LogP contribution in [0.4, 0.5) is 8.78 Å². The van der Waals surface area contributed by atoms with Gasteiger partial charge in [0.1, 0.15) is 5.82 Å². The van der Waals surface area contributed by atoms with Gasteiger partial charge in [0.25, 0.3) is 0 Å². The molecule has 22 heavy (non-hydrogen) atoms. The Hall–Kier alpha value is -0.620. The molecule has 0 unspecified atom stereocenters. The molecule has 0 amide bonds. The Morgan fingerprint density at radius 2 is 1.73 bits per heavy atom. The summed E-state index contributed by atoms with van der Waals surface area (Å²) in [5.74, 6) is -1.18. The molecule has 1 saturated heterocycles. The summed E-state index contributed by atoms with van der Waals surface area (Å²) in [6, 6.07) is 1.88. The van der Waals surface area contributed by atoms with Crippen LogP contribution >= 0.6 is 24.8 Å². The second kappa shape index (κ2) is 8.29. The van der Waals surface area contributed by atoms with Gasteiger partial charge in [0, 0.05) is 37.8 Å². The normalized spacial score (nSPS) is 19.9. The van der Waals surface area contributed by atoms with E-state index in [1.54, 1.807) is 0 Å². The van der Waals surface area contributed by atoms with Crippen molar-refractivity contribution in [1.82, 2.24) is 10.2 Å². The average Bonchev–Trinajstić information content (AvgIpc) is 3.27. The zero-order valence-corrected chi connectivity index (χ0v) is 13.9. The second-order valence-electron chi connectivity index (χ2n) is 5.77. The fourth-order valence-corrected chi connectivity index (χ4v) is 2.99. The summed E-state index contributed by atoms with van der Waals surface area (Å²) in [6.45, 7) is 3.29. The van der Waals surface area contributed by atoms with Crippen molar-refractivity contribution in [2.24, 2.45) is 5.92 Å². The summed E-state index contributed by atoms with van der Waals surface area (Å²) < 4.78 is 27.7. The summed E-state index contributed by atoms with van der Waals surface area (Å²) in [5.41, 5.74) is 0.138. The highest BCUT2D eigenvalue weighted by Crippen LogP contribution is 2.43. The van der Waals surface area contributed by atoms with Crippen LogP contribution in [0.25, 0.3) is 0 Å². The van der Waals surface area contributed by atoms with E-state index in [0.29, 0.717) is 5.92 Å². The summed E-state index contributed by atoms with van der Waals surface area (Å²) in [5, 5.41) is 13.2. The molecule has 0 radical (unpaired) electrons. The highest BCUT2D eigenvalue weighted by Gasteiger charge is 2.34. The highest BCUT2D eigenvalue weighted by atomic mass is 35.5. The standard InChI is InChI=1S/C15H20F2N2O.2ClH/c16-11-3-4-12(17)15(20)14(11)13(9-10-1-2-10)19-7-5-18-6-8-19;;/h3-4,10,13,18,20H,1-2,5-9H2;2*1H/t13-;;/m0../s1. The van der Waals surface area contributed by atoms with E-state index in [-0.39, 0.29) is 36.4 Å². The number of aromatic hydroxyl groups is 1. The second-order valence-corrected chi connectivity index (χ2v) is 5.77. The maximum Gasteiger partial charge on any atom is 0.165 e. The van der Waals surface area contributed by atoms with E-state index in [1.165, 1.54) is 0 Å². The Bertz CT molecular complexity index is 495. The minimum absolute atomic E-state index is 0. The minimum atomic E-state index is -0.739. The van der Waals surface area contributed by atoms with Gasteiger partial charge in [0.15, 0.2) is 11.6 Å². The van der Waals surface area contributed by atoms with Gasteiger partial charge in [-0.25, -0.2) is 8.78 Å². The van der Waals surface area contributed by atoms with Crippen LogP contribution in [0, 0.1) is 17.6 Å². The van der Waals surface area contributed by atoms with Crippen molar-refractivity contribution >= 4 is 24.8 Å². The number of halogens is 4. The lowest BCUT2D eigenvalue weighted by atomic mass is 9.97. The quantitative estimate of drug-likeness (QED) is 0.870. The van der Waals surface area contributed by atoms with E-state index >= 15 is 0 Å². The average molecular weight is 355 g/mol. The Kier molecular flexibility index (Phi) is 7.32. The third-order valence-electron chi connectivity index (χ3n) is 4.29. The van der Waals surface area contributed by atoms with Crippen LogP contribution in [0.3, 0.4) is 0 Å². The van der Waals surface area contributed by atoms with Gasteiger partial charge in [0.05, 0.1) is 0 Å². The smallest absolute Gasteiger partial charge is 0.165 e. The lowest BCUT2D eigenvalue weighted by Crippen LogP contribution is -2.45. The van der Waals surface area contributed by atoms with Crippen LogP contribution in [0.5, 0.6) is 5.75 Å². The van der Waals surface area contributed by atoms with Gasteiger partial charge >= 0.3 is 0 Å². The number of nitrogens with zero attached hydrogens (tertiary/aromatic N) is 1. The Labute approximate surface area is 141 Å². The molecular weight excluding hydrogens is 333 g/mol. The lowest BCUT2D eigenvalue weighted by Gasteiger charge is -2.35. The molecule has 1 aliphatic carbocycles. The number of piperazine rings is 1. The SMILES string of the molecule is Cl.Cl.Oc1c(F)ccc(F)c1[C@H](CC1CC1)N1CCNCC1. The van der Waals surface area contributed by atoms with Gasteiger partial charge in [-0.3, -0.25) is 4.90 Å². The van der Waals surface area contributed by atoms with E-state index in [9.17, 15) is 13.9 Å². The topological polar surface area (TPSA) is 35.5 Å². The number of benzene rings is 1. The Morgan fingerprint density at radius 1 is 1.14 bits per heavy atom. The molecule has 0 aromatic heterocycles. The molecule has 1 heterocycles. The molecule has 7 heteroatoms. The summed E-state index contributed by atoms with van der Waals surface area (Å²) in [4.78, 5) is 2.16. The molecule has 126 valence electrons. The molecule has 2 N–H and O–H groups in total. The molecule has 1 aromatic rings. The fourth-order valence-electron chi connectivity index (χ4n) is 2.99. The third-order valence-corrected chi connectivity index (χ3v) is 4.29. The number of hydrogen-bond acceptors (Lipinski definition) is 3. The molecular formula is C15H22Cl2F2N2O. The molecule has 2 aliphatic rings. The van der Waals surface area contributed by atoms with Crippen molar-refractivity contribution < 1.29 is 13.9 Å². The molecule has 1 saturated carbocycles. The number of rotatable bonds is 4. The number of hydrogen-bond donors (Lipinski definition) is 2. The van der Waals surface area contributed by atoms with Crippen molar-refractivity contribution in [1.29, 1.82) is 0 Å². The first-order valence-corrected chi connectivity index (χ1v) is 7.28.